The molecule has 2 nitrogen and oxygen atoms in total. The fourth-order valence-electron chi connectivity index (χ4n) is 1.21. The predicted molar refractivity (Wildman–Crippen MR) is 56.2 cm³/mol. The van der Waals surface area contributed by atoms with E-state index in [1.165, 1.54) is 31.2 Å². The number of aliphatic hydroxyl groups is 1. The highest BCUT2D eigenvalue weighted by molar-refractivity contribution is 5.87. The van der Waals surface area contributed by atoms with Crippen LogP contribution in [0.3, 0.4) is 0 Å². The monoisotopic (exact) mass is 244 g/mol. The predicted octanol–water partition coefficient (Wildman–Crippen LogP) is 2.88. The number of carbonyl (C=O) groups is 1. The van der Waals surface area contributed by atoms with Crippen LogP contribution >= 0.6 is 0 Å². The maximum Gasteiger partial charge on any atom is 0.416 e. The van der Waals surface area contributed by atoms with Gasteiger partial charge in [-0.05, 0) is 36.8 Å². The molecule has 1 rings (SSSR count). The van der Waals surface area contributed by atoms with Crippen molar-refractivity contribution in [1.29, 1.82) is 0 Å². The van der Waals surface area contributed by atoms with E-state index < -0.39 is 17.8 Å². The van der Waals surface area contributed by atoms with Crippen LogP contribution < -0.4 is 0 Å². The van der Waals surface area contributed by atoms with Gasteiger partial charge in [-0.2, -0.15) is 13.2 Å². The molecule has 1 unspecified atom stereocenters. The molecule has 0 radical (unpaired) electrons. The van der Waals surface area contributed by atoms with Crippen LogP contribution in [0.5, 0.6) is 0 Å². The Balaban J connectivity index is 2.84. The van der Waals surface area contributed by atoms with Crippen molar-refractivity contribution in [2.75, 3.05) is 0 Å². The normalized spacial score (nSPS) is 13.9. The molecule has 1 N–H and O–H groups in total. The third-order valence-electron chi connectivity index (χ3n) is 2.09. The Morgan fingerprint density at radius 3 is 2.24 bits per heavy atom. The number of hydrogen-bond acceptors (Lipinski definition) is 2. The second kappa shape index (κ2) is 5.14. The fourth-order valence-corrected chi connectivity index (χ4v) is 1.21. The van der Waals surface area contributed by atoms with Crippen molar-refractivity contribution in [3.63, 3.8) is 0 Å². The van der Waals surface area contributed by atoms with E-state index in [0.717, 1.165) is 12.1 Å². The van der Waals surface area contributed by atoms with Crippen molar-refractivity contribution in [2.45, 2.75) is 19.2 Å². The van der Waals surface area contributed by atoms with Crippen LogP contribution in [-0.4, -0.2) is 10.9 Å². The minimum atomic E-state index is -4.39. The minimum Gasteiger partial charge on any atom is -0.384 e. The van der Waals surface area contributed by atoms with Crippen molar-refractivity contribution >= 4 is 5.78 Å². The number of halogens is 3. The highest BCUT2D eigenvalue weighted by atomic mass is 19.4. The van der Waals surface area contributed by atoms with E-state index in [1.807, 2.05) is 0 Å². The summed E-state index contributed by atoms with van der Waals surface area (Å²) in [6.45, 7) is 1.32. The summed E-state index contributed by atoms with van der Waals surface area (Å²) in [7, 11) is 0. The summed E-state index contributed by atoms with van der Waals surface area (Å²) in [5.41, 5.74) is -0.473. The number of allylic oxidation sites excluding steroid dienone is 1. The zero-order valence-corrected chi connectivity index (χ0v) is 9.03. The third kappa shape index (κ3) is 4.03. The lowest BCUT2D eigenvalue weighted by Gasteiger charge is -2.09. The minimum absolute atomic E-state index is 0.240. The fraction of sp³-hybridized carbons (Fsp3) is 0.250. The molecule has 0 aromatic heterocycles. The van der Waals surface area contributed by atoms with Gasteiger partial charge >= 0.3 is 6.18 Å². The highest BCUT2D eigenvalue weighted by Crippen LogP contribution is 2.29. The van der Waals surface area contributed by atoms with Crippen molar-refractivity contribution in [2.24, 2.45) is 0 Å². The van der Waals surface area contributed by atoms with Gasteiger partial charge in [0.15, 0.2) is 5.78 Å². The summed E-state index contributed by atoms with van der Waals surface area (Å²) >= 11 is 0. The number of aliphatic hydroxyl groups excluding tert-OH is 1. The summed E-state index contributed by atoms with van der Waals surface area (Å²) in [5.74, 6) is -0.240. The Bertz CT molecular complexity index is 418. The Hall–Kier alpha value is -1.62. The Morgan fingerprint density at radius 2 is 1.82 bits per heavy atom. The first-order valence-electron chi connectivity index (χ1n) is 4.84. The molecule has 92 valence electrons. The van der Waals surface area contributed by atoms with Crippen LogP contribution in [0.1, 0.15) is 24.2 Å². The Morgan fingerprint density at radius 1 is 1.29 bits per heavy atom. The van der Waals surface area contributed by atoms with Gasteiger partial charge in [-0.15, -0.1) is 0 Å². The number of hydrogen-bond donors (Lipinski definition) is 1. The van der Waals surface area contributed by atoms with Gasteiger partial charge in [-0.3, -0.25) is 4.79 Å². The van der Waals surface area contributed by atoms with E-state index >= 15 is 0 Å². The SMILES string of the molecule is CC(=O)/C=C\C(O)c1ccc(C(F)(F)F)cc1. The highest BCUT2D eigenvalue weighted by Gasteiger charge is 2.30. The first-order valence-corrected chi connectivity index (χ1v) is 4.84. The first-order chi connectivity index (χ1) is 7.80. The van der Waals surface area contributed by atoms with Gasteiger partial charge in [0.25, 0.3) is 0 Å². The number of ketones is 1. The van der Waals surface area contributed by atoms with Crippen LogP contribution in [0.15, 0.2) is 36.4 Å². The van der Waals surface area contributed by atoms with Gasteiger partial charge in [0, 0.05) is 0 Å². The molecule has 0 aliphatic carbocycles. The largest absolute Gasteiger partial charge is 0.416 e. The van der Waals surface area contributed by atoms with E-state index in [9.17, 15) is 23.1 Å². The smallest absolute Gasteiger partial charge is 0.384 e. The van der Waals surface area contributed by atoms with Gasteiger partial charge < -0.3 is 5.11 Å². The van der Waals surface area contributed by atoms with Crippen LogP contribution in [0, 0.1) is 0 Å². The number of rotatable bonds is 3. The summed E-state index contributed by atoms with van der Waals surface area (Å²) in [4.78, 5) is 10.6. The van der Waals surface area contributed by atoms with Crippen LogP contribution in [0.25, 0.3) is 0 Å². The number of carbonyl (C=O) groups excluding carboxylic acids is 1. The quantitative estimate of drug-likeness (QED) is 0.830. The van der Waals surface area contributed by atoms with Crippen LogP contribution in [0.2, 0.25) is 0 Å². The zero-order chi connectivity index (χ0) is 13.1. The molecule has 0 saturated carbocycles. The van der Waals surface area contributed by atoms with Gasteiger partial charge in [0.05, 0.1) is 11.7 Å². The molecule has 1 atom stereocenters. The maximum atomic E-state index is 12.3. The molecule has 0 aliphatic heterocycles. The van der Waals surface area contributed by atoms with Crippen molar-refractivity contribution < 1.29 is 23.1 Å². The summed E-state index contributed by atoms with van der Waals surface area (Å²) < 4.78 is 36.8. The van der Waals surface area contributed by atoms with Crippen LogP contribution in [0.4, 0.5) is 13.2 Å². The van der Waals surface area contributed by atoms with Crippen molar-refractivity contribution in [1.82, 2.24) is 0 Å². The maximum absolute atomic E-state index is 12.3. The molecular weight excluding hydrogens is 233 g/mol. The standard InChI is InChI=1S/C12H11F3O2/c1-8(16)2-7-11(17)9-3-5-10(6-4-9)12(13,14)15/h2-7,11,17H,1H3/b7-2-. The Kier molecular flexibility index (Phi) is 4.07. The molecule has 0 heterocycles. The second-order valence-electron chi connectivity index (χ2n) is 3.53. The van der Waals surface area contributed by atoms with Gasteiger partial charge in [-0.1, -0.05) is 12.1 Å². The van der Waals surface area contributed by atoms with E-state index in [0.29, 0.717) is 5.56 Å². The summed E-state index contributed by atoms with van der Waals surface area (Å²) in [6, 6.07) is 4.14. The molecule has 17 heavy (non-hydrogen) atoms. The molecule has 0 spiro atoms. The molecule has 0 amide bonds. The topological polar surface area (TPSA) is 37.3 Å². The molecule has 5 heteroatoms. The van der Waals surface area contributed by atoms with Gasteiger partial charge in [0.2, 0.25) is 0 Å². The average molecular weight is 244 g/mol. The van der Waals surface area contributed by atoms with Gasteiger partial charge in [-0.25, -0.2) is 0 Å². The van der Waals surface area contributed by atoms with Crippen molar-refractivity contribution in [3.8, 4) is 0 Å². The van der Waals surface area contributed by atoms with E-state index in [1.54, 1.807) is 0 Å². The third-order valence-corrected chi connectivity index (χ3v) is 2.09. The number of alkyl halides is 3. The lowest BCUT2D eigenvalue weighted by Crippen LogP contribution is -2.05. The molecule has 1 aromatic rings. The molecule has 0 fully saturated rings. The van der Waals surface area contributed by atoms with Crippen molar-refractivity contribution in [3.05, 3.63) is 47.5 Å². The number of benzene rings is 1. The second-order valence-corrected chi connectivity index (χ2v) is 3.53. The average Bonchev–Trinajstić information content (AvgIpc) is 2.25. The molecule has 0 saturated heterocycles. The van der Waals surface area contributed by atoms with E-state index in [-0.39, 0.29) is 5.78 Å². The lowest BCUT2D eigenvalue weighted by molar-refractivity contribution is -0.137. The molecule has 0 aliphatic rings. The van der Waals surface area contributed by atoms with E-state index in [2.05, 4.69) is 0 Å². The summed E-state index contributed by atoms with van der Waals surface area (Å²) in [5, 5.41) is 9.54. The van der Waals surface area contributed by atoms with Crippen LogP contribution in [-0.2, 0) is 11.0 Å². The Labute approximate surface area is 96.4 Å². The zero-order valence-electron chi connectivity index (χ0n) is 9.03. The first kappa shape index (κ1) is 13.4. The van der Waals surface area contributed by atoms with Gasteiger partial charge in [0.1, 0.15) is 0 Å². The molecule has 0 bridgehead atoms. The molecule has 1 aromatic carbocycles. The lowest BCUT2D eigenvalue weighted by atomic mass is 10.1. The van der Waals surface area contributed by atoms with E-state index in [4.69, 9.17) is 0 Å². The molecular formula is C12H11F3O2. The summed E-state index contributed by atoms with van der Waals surface area (Å²) in [6.07, 6.45) is -3.08.